The van der Waals surface area contributed by atoms with Gasteiger partial charge in [-0.25, -0.2) is 0 Å². The van der Waals surface area contributed by atoms with Gasteiger partial charge in [-0.2, -0.15) is 18.3 Å². The summed E-state index contributed by atoms with van der Waals surface area (Å²) < 4.78 is 42.6. The van der Waals surface area contributed by atoms with Gasteiger partial charge in [0, 0.05) is 38.0 Å². The Morgan fingerprint density at radius 1 is 1.00 bits per heavy atom. The van der Waals surface area contributed by atoms with Crippen molar-refractivity contribution in [2.75, 3.05) is 26.2 Å². The Morgan fingerprint density at radius 2 is 1.68 bits per heavy atom. The molecule has 1 aliphatic carbocycles. The van der Waals surface area contributed by atoms with Crippen molar-refractivity contribution in [3.05, 3.63) is 52.8 Å². The highest BCUT2D eigenvalue weighted by Crippen LogP contribution is 2.44. The first-order valence-electron chi connectivity index (χ1n) is 11.8. The molecule has 2 saturated heterocycles. The lowest BCUT2D eigenvalue weighted by molar-refractivity contribution is -0.138. The number of alkyl halides is 3. The van der Waals surface area contributed by atoms with Crippen LogP contribution in [0.25, 0.3) is 0 Å². The standard InChI is InChI=1S/C24H28F3N5OS/c25-24(26,27)20-4-2-1-3-18(20)16-7-10-31(14-16)22(33)19-13-29-32(21(19)15-5-6-15)17-8-11-30(12-9-17)23(28)34/h1-4,13,15-17H,5-12,14H2,(H2,28,34)/t16-/m1/s1. The number of amides is 1. The van der Waals surface area contributed by atoms with Gasteiger partial charge in [-0.1, -0.05) is 18.2 Å². The molecule has 0 unspecified atom stereocenters. The van der Waals surface area contributed by atoms with E-state index in [4.69, 9.17) is 18.0 Å². The molecule has 2 aromatic rings. The number of hydrogen-bond donors (Lipinski definition) is 1. The van der Waals surface area contributed by atoms with Gasteiger partial charge in [-0.3, -0.25) is 9.48 Å². The highest BCUT2D eigenvalue weighted by Gasteiger charge is 2.40. The molecule has 1 amide bonds. The fraction of sp³-hybridized carbons (Fsp3) is 0.542. The van der Waals surface area contributed by atoms with Crippen LogP contribution in [0.3, 0.4) is 0 Å². The number of halogens is 3. The minimum Gasteiger partial charge on any atom is -0.376 e. The van der Waals surface area contributed by atoms with E-state index in [-0.39, 0.29) is 30.0 Å². The summed E-state index contributed by atoms with van der Waals surface area (Å²) in [5, 5.41) is 5.03. The average Bonchev–Trinajstić information content (AvgIpc) is 3.36. The molecule has 3 fully saturated rings. The van der Waals surface area contributed by atoms with E-state index in [1.54, 1.807) is 17.2 Å². The quantitative estimate of drug-likeness (QED) is 0.647. The second-order valence-corrected chi connectivity index (χ2v) is 9.96. The van der Waals surface area contributed by atoms with Crippen LogP contribution in [0.2, 0.25) is 0 Å². The minimum absolute atomic E-state index is 0.124. The summed E-state index contributed by atoms with van der Waals surface area (Å²) >= 11 is 5.09. The Balaban J connectivity index is 1.34. The van der Waals surface area contributed by atoms with Crippen LogP contribution >= 0.6 is 12.2 Å². The maximum Gasteiger partial charge on any atom is 0.416 e. The molecule has 0 spiro atoms. The topological polar surface area (TPSA) is 67.4 Å². The van der Waals surface area contributed by atoms with Crippen molar-refractivity contribution in [2.24, 2.45) is 5.73 Å². The maximum atomic E-state index is 13.5. The van der Waals surface area contributed by atoms with Crippen molar-refractivity contribution in [1.82, 2.24) is 19.6 Å². The third kappa shape index (κ3) is 4.39. The summed E-state index contributed by atoms with van der Waals surface area (Å²) in [4.78, 5) is 17.2. The maximum absolute atomic E-state index is 13.5. The number of nitrogens with zero attached hydrogens (tertiary/aromatic N) is 4. The first kappa shape index (κ1) is 23.1. The first-order chi connectivity index (χ1) is 16.2. The lowest BCUT2D eigenvalue weighted by Gasteiger charge is -2.33. The molecule has 3 aliphatic rings. The number of carbonyl (C=O) groups is 1. The van der Waals surface area contributed by atoms with Gasteiger partial charge in [0.1, 0.15) is 0 Å². The third-order valence-corrected chi connectivity index (χ3v) is 7.59. The molecule has 5 rings (SSSR count). The van der Waals surface area contributed by atoms with E-state index in [1.165, 1.54) is 12.1 Å². The second kappa shape index (κ2) is 8.87. The molecule has 2 aliphatic heterocycles. The fourth-order valence-electron chi connectivity index (χ4n) is 5.40. The van der Waals surface area contributed by atoms with Crippen LogP contribution in [0.4, 0.5) is 13.2 Å². The Kier molecular flexibility index (Phi) is 6.03. The molecule has 1 saturated carbocycles. The summed E-state index contributed by atoms with van der Waals surface area (Å²) in [7, 11) is 0. The van der Waals surface area contributed by atoms with Crippen molar-refractivity contribution < 1.29 is 18.0 Å². The normalized spacial score (nSPS) is 21.8. The van der Waals surface area contributed by atoms with Crippen molar-refractivity contribution in [1.29, 1.82) is 0 Å². The number of carbonyl (C=O) groups excluding carboxylic acids is 1. The van der Waals surface area contributed by atoms with E-state index in [2.05, 4.69) is 5.10 Å². The molecular formula is C24H28F3N5OS. The van der Waals surface area contributed by atoms with Crippen LogP contribution in [0.1, 0.15) is 77.2 Å². The van der Waals surface area contributed by atoms with Crippen molar-refractivity contribution in [2.45, 2.75) is 56.2 Å². The van der Waals surface area contributed by atoms with Crippen LogP contribution in [-0.4, -0.2) is 56.8 Å². The Hall–Kier alpha value is -2.62. The largest absolute Gasteiger partial charge is 0.416 e. The summed E-state index contributed by atoms with van der Waals surface area (Å²) in [6.07, 6.45) is 1.53. The Labute approximate surface area is 201 Å². The predicted molar refractivity (Wildman–Crippen MR) is 126 cm³/mol. The van der Waals surface area contributed by atoms with E-state index in [1.807, 2.05) is 9.58 Å². The minimum atomic E-state index is -4.41. The Bertz CT molecular complexity index is 1090. The summed E-state index contributed by atoms with van der Waals surface area (Å²) in [5.41, 5.74) is 7.01. The van der Waals surface area contributed by atoms with Gasteiger partial charge in [0.05, 0.1) is 29.1 Å². The van der Waals surface area contributed by atoms with Gasteiger partial charge in [-0.05, 0) is 56.0 Å². The molecule has 1 atom stereocenters. The third-order valence-electron chi connectivity index (χ3n) is 7.33. The molecule has 6 nitrogen and oxygen atoms in total. The van der Waals surface area contributed by atoms with Crippen LogP contribution in [0.15, 0.2) is 30.5 Å². The number of rotatable bonds is 4. The van der Waals surface area contributed by atoms with Crippen LogP contribution in [-0.2, 0) is 6.18 Å². The lowest BCUT2D eigenvalue weighted by Crippen LogP contribution is -2.42. The number of likely N-dealkylation sites (tertiary alicyclic amines) is 2. The Morgan fingerprint density at radius 3 is 2.32 bits per heavy atom. The van der Waals surface area contributed by atoms with Gasteiger partial charge >= 0.3 is 6.18 Å². The molecule has 0 bridgehead atoms. The SMILES string of the molecule is NC(=S)N1CCC(n2ncc(C(=O)N3CC[C@@H](c4ccccc4C(F)(F)F)C3)c2C2CC2)CC1. The van der Waals surface area contributed by atoms with Gasteiger partial charge in [0.2, 0.25) is 0 Å². The van der Waals surface area contributed by atoms with Crippen molar-refractivity contribution >= 4 is 23.2 Å². The van der Waals surface area contributed by atoms with Crippen molar-refractivity contribution in [3.8, 4) is 0 Å². The van der Waals surface area contributed by atoms with E-state index >= 15 is 0 Å². The second-order valence-electron chi connectivity index (χ2n) is 9.54. The number of nitrogens with two attached hydrogens (primary N) is 1. The smallest absolute Gasteiger partial charge is 0.376 e. The average molecular weight is 492 g/mol. The summed E-state index contributed by atoms with van der Waals surface area (Å²) in [6, 6.07) is 5.89. The van der Waals surface area contributed by atoms with E-state index < -0.39 is 11.7 Å². The van der Waals surface area contributed by atoms with Gasteiger partial charge in [-0.15, -0.1) is 0 Å². The molecule has 1 aromatic heterocycles. The van der Waals surface area contributed by atoms with E-state index in [0.29, 0.717) is 29.6 Å². The van der Waals surface area contributed by atoms with Crippen LogP contribution in [0.5, 0.6) is 0 Å². The fourth-order valence-corrected chi connectivity index (χ4v) is 5.58. The molecule has 2 N–H and O–H groups in total. The lowest BCUT2D eigenvalue weighted by atomic mass is 9.93. The first-order valence-corrected chi connectivity index (χ1v) is 12.2. The molecular weight excluding hydrogens is 463 g/mol. The van der Waals surface area contributed by atoms with Crippen LogP contribution in [0, 0.1) is 0 Å². The highest BCUT2D eigenvalue weighted by molar-refractivity contribution is 7.80. The molecule has 34 heavy (non-hydrogen) atoms. The van der Waals surface area contributed by atoms with Gasteiger partial charge in [0.15, 0.2) is 5.11 Å². The predicted octanol–water partition coefficient (Wildman–Crippen LogP) is 4.29. The monoisotopic (exact) mass is 491 g/mol. The zero-order chi connectivity index (χ0) is 24.0. The van der Waals surface area contributed by atoms with Crippen molar-refractivity contribution in [3.63, 3.8) is 0 Å². The van der Waals surface area contributed by atoms with Crippen LogP contribution < -0.4 is 5.73 Å². The van der Waals surface area contributed by atoms with E-state index in [0.717, 1.165) is 50.5 Å². The van der Waals surface area contributed by atoms with E-state index in [9.17, 15) is 18.0 Å². The zero-order valence-corrected chi connectivity index (χ0v) is 19.6. The number of benzene rings is 1. The zero-order valence-electron chi connectivity index (χ0n) is 18.8. The molecule has 1 aromatic carbocycles. The number of thiocarbonyl (C=S) groups is 1. The number of piperidine rings is 1. The molecule has 3 heterocycles. The van der Waals surface area contributed by atoms with Gasteiger partial charge < -0.3 is 15.5 Å². The summed E-state index contributed by atoms with van der Waals surface area (Å²) in [6.45, 7) is 2.25. The van der Waals surface area contributed by atoms with Gasteiger partial charge in [0.25, 0.3) is 5.91 Å². The summed E-state index contributed by atoms with van der Waals surface area (Å²) in [5.74, 6) is -0.134. The number of hydrogen-bond acceptors (Lipinski definition) is 3. The number of aromatic nitrogens is 2. The molecule has 182 valence electrons. The highest BCUT2D eigenvalue weighted by atomic mass is 32.1. The molecule has 10 heteroatoms. The molecule has 0 radical (unpaired) electrons.